The van der Waals surface area contributed by atoms with Crippen LogP contribution in [0.3, 0.4) is 0 Å². The van der Waals surface area contributed by atoms with Gasteiger partial charge in [-0.2, -0.15) is 4.31 Å². The largest absolute Gasteiger partial charge is 0.465 e. The summed E-state index contributed by atoms with van der Waals surface area (Å²) >= 11 is 0. The minimum atomic E-state index is -3.65. The summed E-state index contributed by atoms with van der Waals surface area (Å²) in [4.78, 5) is 15.3. The van der Waals surface area contributed by atoms with Crippen molar-refractivity contribution >= 4 is 15.9 Å². The van der Waals surface area contributed by atoms with Crippen molar-refractivity contribution in [2.45, 2.75) is 43.9 Å². The molecule has 34 heavy (non-hydrogen) atoms. The number of rotatable bonds is 7. The summed E-state index contributed by atoms with van der Waals surface area (Å²) in [6.07, 6.45) is -0.332. The van der Waals surface area contributed by atoms with Gasteiger partial charge >= 0.3 is 0 Å². The van der Waals surface area contributed by atoms with Crippen molar-refractivity contribution in [2.24, 2.45) is 0 Å². The Labute approximate surface area is 201 Å². The lowest BCUT2D eigenvalue weighted by Gasteiger charge is -2.34. The molecule has 0 saturated carbocycles. The maximum Gasteiger partial charge on any atom is 0.251 e. The molecule has 0 bridgehead atoms. The molecular formula is C24H33N3O6S. The maximum absolute atomic E-state index is 13.1. The second-order valence-corrected chi connectivity index (χ2v) is 10.9. The minimum absolute atomic E-state index is 0.105. The number of benzene rings is 1. The number of hydrogen-bond acceptors (Lipinski definition) is 7. The van der Waals surface area contributed by atoms with Crippen LogP contribution < -0.4 is 5.32 Å². The number of nitrogens with one attached hydrogen (secondary N) is 1. The van der Waals surface area contributed by atoms with Gasteiger partial charge in [0.2, 0.25) is 10.0 Å². The van der Waals surface area contributed by atoms with Gasteiger partial charge in [0.05, 0.1) is 36.4 Å². The monoisotopic (exact) mass is 491 g/mol. The van der Waals surface area contributed by atoms with E-state index in [0.717, 1.165) is 24.6 Å². The van der Waals surface area contributed by atoms with Crippen molar-refractivity contribution in [2.75, 3.05) is 45.9 Å². The molecule has 4 rings (SSSR count). The molecule has 2 saturated heterocycles. The molecule has 0 spiro atoms. The van der Waals surface area contributed by atoms with Crippen LogP contribution in [0.5, 0.6) is 0 Å². The third-order valence-corrected chi connectivity index (χ3v) is 8.02. The highest BCUT2D eigenvalue weighted by Crippen LogP contribution is 2.24. The zero-order valence-electron chi connectivity index (χ0n) is 19.9. The van der Waals surface area contributed by atoms with Gasteiger partial charge in [-0.25, -0.2) is 8.42 Å². The van der Waals surface area contributed by atoms with E-state index in [1.165, 1.54) is 16.4 Å². The van der Waals surface area contributed by atoms with Crippen LogP contribution in [0.4, 0.5) is 0 Å². The number of sulfonamides is 1. The molecular weight excluding hydrogens is 458 g/mol. The number of aryl methyl sites for hydroxylation is 1. The van der Waals surface area contributed by atoms with E-state index in [0.29, 0.717) is 38.4 Å². The van der Waals surface area contributed by atoms with Crippen LogP contribution in [-0.2, 0) is 19.5 Å². The standard InChI is InChI=1S/C24H33N3O6S/c1-17-4-9-23(33-17)22(26-10-12-31-13-11-26)14-25-24(28)20-5-7-21(8-6-20)34(29,30)27-15-18(2)32-19(3)16-27/h4-9,18-19,22H,10-16H2,1-3H3,(H,25,28)/t18-,19+,22-/m0/s1. The first-order chi connectivity index (χ1) is 16.2. The Kier molecular flexibility index (Phi) is 7.73. The van der Waals surface area contributed by atoms with E-state index >= 15 is 0 Å². The lowest BCUT2D eigenvalue weighted by molar-refractivity contribution is -0.0440. The van der Waals surface area contributed by atoms with E-state index in [1.807, 2.05) is 32.9 Å². The van der Waals surface area contributed by atoms with Gasteiger partial charge < -0.3 is 19.2 Å². The molecule has 3 heterocycles. The lowest BCUT2D eigenvalue weighted by Crippen LogP contribution is -2.48. The molecule has 2 aliphatic heterocycles. The van der Waals surface area contributed by atoms with E-state index in [9.17, 15) is 13.2 Å². The number of carbonyl (C=O) groups excluding carboxylic acids is 1. The summed E-state index contributed by atoms with van der Waals surface area (Å²) in [5.74, 6) is 1.36. The number of morpholine rings is 2. The topological polar surface area (TPSA) is 101 Å². The summed E-state index contributed by atoms with van der Waals surface area (Å²) in [5.41, 5.74) is 0.402. The molecule has 9 nitrogen and oxygen atoms in total. The Morgan fingerprint density at radius 3 is 2.29 bits per heavy atom. The fourth-order valence-corrected chi connectivity index (χ4v) is 6.07. The number of ether oxygens (including phenoxy) is 2. The normalized spacial score (nSPS) is 23.5. The van der Waals surface area contributed by atoms with Gasteiger partial charge in [-0.3, -0.25) is 9.69 Å². The zero-order chi connectivity index (χ0) is 24.3. The van der Waals surface area contributed by atoms with E-state index < -0.39 is 10.0 Å². The summed E-state index contributed by atoms with van der Waals surface area (Å²) in [6, 6.07) is 9.84. The number of nitrogens with zero attached hydrogens (tertiary/aromatic N) is 2. The van der Waals surface area contributed by atoms with Crippen LogP contribution in [0.2, 0.25) is 0 Å². The first kappa shape index (κ1) is 24.9. The second kappa shape index (κ2) is 10.6. The van der Waals surface area contributed by atoms with E-state index in [1.54, 1.807) is 12.1 Å². The van der Waals surface area contributed by atoms with Crippen molar-refractivity contribution in [3.63, 3.8) is 0 Å². The molecule has 1 amide bonds. The summed E-state index contributed by atoms with van der Waals surface area (Å²) < 4.78 is 44.5. The Hall–Kier alpha value is -2.24. The van der Waals surface area contributed by atoms with Crippen molar-refractivity contribution in [3.8, 4) is 0 Å². The molecule has 0 unspecified atom stereocenters. The average Bonchev–Trinajstić information content (AvgIpc) is 3.25. The highest BCUT2D eigenvalue weighted by Gasteiger charge is 2.32. The molecule has 1 aromatic heterocycles. The quantitative estimate of drug-likeness (QED) is 0.634. The minimum Gasteiger partial charge on any atom is -0.465 e. The fraction of sp³-hybridized carbons (Fsp3) is 0.542. The van der Waals surface area contributed by atoms with E-state index in [-0.39, 0.29) is 29.1 Å². The Bertz CT molecular complexity index is 1070. The second-order valence-electron chi connectivity index (χ2n) is 8.93. The summed E-state index contributed by atoms with van der Waals surface area (Å²) in [5, 5.41) is 2.98. The molecule has 1 N–H and O–H groups in total. The molecule has 0 aliphatic carbocycles. The summed E-state index contributed by atoms with van der Waals surface area (Å²) in [6.45, 7) is 9.40. The first-order valence-electron chi connectivity index (χ1n) is 11.7. The molecule has 2 fully saturated rings. The molecule has 3 atom stereocenters. The Balaban J connectivity index is 1.42. The third-order valence-electron chi connectivity index (χ3n) is 6.17. The van der Waals surface area contributed by atoms with Gasteiger partial charge in [-0.05, 0) is 57.2 Å². The third kappa shape index (κ3) is 5.69. The smallest absolute Gasteiger partial charge is 0.251 e. The van der Waals surface area contributed by atoms with Crippen molar-refractivity contribution < 1.29 is 27.1 Å². The van der Waals surface area contributed by atoms with Crippen molar-refractivity contribution in [1.29, 1.82) is 0 Å². The molecule has 2 aromatic rings. The van der Waals surface area contributed by atoms with E-state index in [4.69, 9.17) is 13.9 Å². The molecule has 1 aromatic carbocycles. The van der Waals surface area contributed by atoms with Gasteiger partial charge in [0.15, 0.2) is 0 Å². The Morgan fingerprint density at radius 2 is 1.71 bits per heavy atom. The van der Waals surface area contributed by atoms with Crippen molar-refractivity contribution in [3.05, 3.63) is 53.5 Å². The predicted molar refractivity (Wildman–Crippen MR) is 126 cm³/mol. The van der Waals surface area contributed by atoms with Gasteiger partial charge in [0, 0.05) is 38.3 Å². The van der Waals surface area contributed by atoms with E-state index in [2.05, 4.69) is 10.2 Å². The van der Waals surface area contributed by atoms with Crippen LogP contribution >= 0.6 is 0 Å². The highest BCUT2D eigenvalue weighted by molar-refractivity contribution is 7.89. The highest BCUT2D eigenvalue weighted by atomic mass is 32.2. The van der Waals surface area contributed by atoms with Gasteiger partial charge in [0.1, 0.15) is 11.5 Å². The molecule has 10 heteroatoms. The number of furan rings is 1. The van der Waals surface area contributed by atoms with Gasteiger partial charge in [-0.15, -0.1) is 0 Å². The lowest BCUT2D eigenvalue weighted by atomic mass is 10.1. The number of carbonyl (C=O) groups is 1. The maximum atomic E-state index is 13.1. The van der Waals surface area contributed by atoms with Gasteiger partial charge in [-0.1, -0.05) is 0 Å². The van der Waals surface area contributed by atoms with Crippen LogP contribution in [0.15, 0.2) is 45.7 Å². The molecule has 186 valence electrons. The van der Waals surface area contributed by atoms with Crippen molar-refractivity contribution in [1.82, 2.24) is 14.5 Å². The van der Waals surface area contributed by atoms with Crippen LogP contribution in [0, 0.1) is 6.92 Å². The fourth-order valence-electron chi connectivity index (χ4n) is 4.48. The SMILES string of the molecule is Cc1ccc([C@H](CNC(=O)c2ccc(S(=O)(=O)N3C[C@@H](C)O[C@@H](C)C3)cc2)N2CCOCC2)o1. The molecule has 0 radical (unpaired) electrons. The van der Waals surface area contributed by atoms with Crippen LogP contribution in [0.1, 0.15) is 41.8 Å². The zero-order valence-corrected chi connectivity index (χ0v) is 20.7. The predicted octanol–water partition coefficient (Wildman–Crippen LogP) is 2.19. The van der Waals surface area contributed by atoms with Crippen LogP contribution in [0.25, 0.3) is 0 Å². The van der Waals surface area contributed by atoms with Gasteiger partial charge in [0.25, 0.3) is 5.91 Å². The molecule has 2 aliphatic rings. The summed E-state index contributed by atoms with van der Waals surface area (Å²) in [7, 11) is -3.65. The number of amides is 1. The Morgan fingerprint density at radius 1 is 1.06 bits per heavy atom. The first-order valence-corrected chi connectivity index (χ1v) is 13.1. The van der Waals surface area contributed by atoms with Crippen LogP contribution in [-0.4, -0.2) is 81.7 Å². The average molecular weight is 492 g/mol. The number of hydrogen-bond donors (Lipinski definition) is 1.